The maximum absolute atomic E-state index is 11.0. The lowest BCUT2D eigenvalue weighted by molar-refractivity contribution is -0.117. The molecule has 18 heavy (non-hydrogen) atoms. The van der Waals surface area contributed by atoms with E-state index in [0.29, 0.717) is 17.2 Å². The summed E-state index contributed by atoms with van der Waals surface area (Å²) in [5, 5.41) is 4.04. The molecule has 5 heteroatoms. The van der Waals surface area contributed by atoms with Crippen molar-refractivity contribution in [2.45, 2.75) is 13.5 Å². The van der Waals surface area contributed by atoms with E-state index in [1.807, 2.05) is 18.2 Å². The molecule has 0 aliphatic carbocycles. The number of hydrogen-bond acceptors (Lipinski definition) is 4. The summed E-state index contributed by atoms with van der Waals surface area (Å²) in [6.45, 7) is 1.76. The van der Waals surface area contributed by atoms with Gasteiger partial charge in [-0.1, -0.05) is 12.1 Å². The van der Waals surface area contributed by atoms with Gasteiger partial charge < -0.3 is 9.47 Å². The smallest absolute Gasteiger partial charge is 0.169 e. The van der Waals surface area contributed by atoms with Crippen LogP contribution in [0.5, 0.6) is 17.2 Å². The fourth-order valence-corrected chi connectivity index (χ4v) is 1.54. The van der Waals surface area contributed by atoms with Crippen molar-refractivity contribution in [3.05, 3.63) is 36.7 Å². The largest absolute Gasteiger partial charge is 0.493 e. The first-order valence-electron chi connectivity index (χ1n) is 5.52. The van der Waals surface area contributed by atoms with Gasteiger partial charge in [-0.25, -0.2) is 0 Å². The first-order valence-corrected chi connectivity index (χ1v) is 5.52. The lowest BCUT2D eigenvalue weighted by atomic mass is 10.3. The quantitative estimate of drug-likeness (QED) is 0.812. The number of hydrogen-bond donors (Lipinski definition) is 0. The van der Waals surface area contributed by atoms with Crippen molar-refractivity contribution in [3.63, 3.8) is 0 Å². The molecule has 0 aliphatic heterocycles. The molecule has 0 atom stereocenters. The van der Waals surface area contributed by atoms with Crippen LogP contribution >= 0.6 is 0 Å². The van der Waals surface area contributed by atoms with Crippen LogP contribution in [0.25, 0.3) is 0 Å². The standard InChI is InChI=1S/C13H14N2O3/c1-10(16)8-15-9-11(7-14-15)18-13-6-4-3-5-12(13)17-2/h3-7,9H,8H2,1-2H3. The first-order chi connectivity index (χ1) is 8.69. The Labute approximate surface area is 105 Å². The molecule has 1 aromatic heterocycles. The molecule has 0 radical (unpaired) electrons. The van der Waals surface area contributed by atoms with E-state index < -0.39 is 0 Å². The molecule has 0 amide bonds. The zero-order valence-electron chi connectivity index (χ0n) is 10.3. The Morgan fingerprint density at radius 2 is 2.06 bits per heavy atom. The number of carbonyl (C=O) groups is 1. The van der Waals surface area contributed by atoms with Crippen LogP contribution < -0.4 is 9.47 Å². The third kappa shape index (κ3) is 2.88. The molecule has 1 heterocycles. The van der Waals surface area contributed by atoms with Gasteiger partial charge in [-0.15, -0.1) is 0 Å². The molecule has 94 valence electrons. The van der Waals surface area contributed by atoms with E-state index in [2.05, 4.69) is 5.10 Å². The van der Waals surface area contributed by atoms with Gasteiger partial charge in [0.2, 0.25) is 0 Å². The van der Waals surface area contributed by atoms with Crippen molar-refractivity contribution in [1.29, 1.82) is 0 Å². The van der Waals surface area contributed by atoms with Crippen LogP contribution in [0.3, 0.4) is 0 Å². The third-order valence-corrected chi connectivity index (χ3v) is 2.29. The van der Waals surface area contributed by atoms with Crippen LogP contribution in [0.1, 0.15) is 6.92 Å². The van der Waals surface area contributed by atoms with E-state index in [-0.39, 0.29) is 12.3 Å². The Hall–Kier alpha value is -2.30. The number of rotatable bonds is 5. The Morgan fingerprint density at radius 3 is 2.72 bits per heavy atom. The molecule has 0 unspecified atom stereocenters. The summed E-state index contributed by atoms with van der Waals surface area (Å²) in [5.74, 6) is 1.88. The van der Waals surface area contributed by atoms with Gasteiger partial charge in [0.25, 0.3) is 0 Å². The summed E-state index contributed by atoms with van der Waals surface area (Å²) in [6.07, 6.45) is 3.24. The number of ketones is 1. The van der Waals surface area contributed by atoms with Crippen LogP contribution in [-0.2, 0) is 11.3 Å². The van der Waals surface area contributed by atoms with E-state index >= 15 is 0 Å². The number of carbonyl (C=O) groups excluding carboxylic acids is 1. The average molecular weight is 246 g/mol. The normalized spacial score (nSPS) is 10.1. The molecule has 2 aromatic rings. The molecule has 0 saturated carbocycles. The zero-order valence-corrected chi connectivity index (χ0v) is 10.3. The van der Waals surface area contributed by atoms with E-state index in [4.69, 9.17) is 9.47 Å². The van der Waals surface area contributed by atoms with Gasteiger partial charge in [-0.2, -0.15) is 5.10 Å². The van der Waals surface area contributed by atoms with E-state index in [9.17, 15) is 4.79 Å². The van der Waals surface area contributed by atoms with Gasteiger partial charge in [-0.3, -0.25) is 9.48 Å². The van der Waals surface area contributed by atoms with Crippen LogP contribution in [0.15, 0.2) is 36.7 Å². The number of benzene rings is 1. The SMILES string of the molecule is COc1ccccc1Oc1cnn(CC(C)=O)c1. The van der Waals surface area contributed by atoms with E-state index in [0.717, 1.165) is 0 Å². The maximum Gasteiger partial charge on any atom is 0.169 e. The number of ether oxygens (including phenoxy) is 2. The van der Waals surface area contributed by atoms with Crippen LogP contribution in [0, 0.1) is 0 Å². The Bertz CT molecular complexity index is 549. The minimum atomic E-state index is 0.0435. The van der Waals surface area contributed by atoms with Crippen molar-refractivity contribution in [3.8, 4) is 17.2 Å². The highest BCUT2D eigenvalue weighted by atomic mass is 16.5. The lowest BCUT2D eigenvalue weighted by Crippen LogP contribution is -2.05. The minimum absolute atomic E-state index is 0.0435. The van der Waals surface area contributed by atoms with Crippen LogP contribution in [0.4, 0.5) is 0 Å². The first kappa shape index (κ1) is 12.2. The molecule has 0 N–H and O–H groups in total. The average Bonchev–Trinajstić information content (AvgIpc) is 2.76. The second-order valence-corrected chi connectivity index (χ2v) is 3.83. The van der Waals surface area contributed by atoms with Crippen molar-refractivity contribution < 1.29 is 14.3 Å². The van der Waals surface area contributed by atoms with E-state index in [1.165, 1.54) is 11.6 Å². The molecule has 0 fully saturated rings. The van der Waals surface area contributed by atoms with Crippen molar-refractivity contribution in [1.82, 2.24) is 9.78 Å². The summed E-state index contributed by atoms with van der Waals surface area (Å²) >= 11 is 0. The number of aromatic nitrogens is 2. The Kier molecular flexibility index (Phi) is 3.62. The van der Waals surface area contributed by atoms with Gasteiger partial charge in [0, 0.05) is 0 Å². The second-order valence-electron chi connectivity index (χ2n) is 3.83. The Balaban J connectivity index is 2.13. The van der Waals surface area contributed by atoms with Gasteiger partial charge in [0.15, 0.2) is 23.0 Å². The number of nitrogens with zero attached hydrogens (tertiary/aromatic N) is 2. The highest BCUT2D eigenvalue weighted by Crippen LogP contribution is 2.30. The third-order valence-electron chi connectivity index (χ3n) is 2.29. The summed E-state index contributed by atoms with van der Waals surface area (Å²) in [7, 11) is 1.58. The minimum Gasteiger partial charge on any atom is -0.493 e. The fraction of sp³-hybridized carbons (Fsp3) is 0.231. The maximum atomic E-state index is 11.0. The molecule has 0 saturated heterocycles. The summed E-state index contributed by atoms with van der Waals surface area (Å²) in [6, 6.07) is 7.35. The second kappa shape index (κ2) is 5.35. The molecular weight excluding hydrogens is 232 g/mol. The number of Topliss-reactive ketones (excluding diaryl/α,β-unsaturated/α-hetero) is 1. The predicted molar refractivity (Wildman–Crippen MR) is 66.0 cm³/mol. The fourth-order valence-electron chi connectivity index (χ4n) is 1.54. The molecule has 5 nitrogen and oxygen atoms in total. The van der Waals surface area contributed by atoms with Gasteiger partial charge >= 0.3 is 0 Å². The number of methoxy groups -OCH3 is 1. The summed E-state index contributed by atoms with van der Waals surface area (Å²) in [5.41, 5.74) is 0. The monoisotopic (exact) mass is 246 g/mol. The predicted octanol–water partition coefficient (Wildman–Crippen LogP) is 2.27. The topological polar surface area (TPSA) is 53.4 Å². The van der Waals surface area contributed by atoms with Crippen molar-refractivity contribution in [2.24, 2.45) is 0 Å². The zero-order chi connectivity index (χ0) is 13.0. The highest BCUT2D eigenvalue weighted by Gasteiger charge is 2.06. The molecule has 0 bridgehead atoms. The molecule has 2 rings (SSSR count). The van der Waals surface area contributed by atoms with Gasteiger partial charge in [0.05, 0.1) is 26.0 Å². The number of para-hydroxylation sites is 2. The molecule has 0 aliphatic rings. The summed E-state index contributed by atoms with van der Waals surface area (Å²) in [4.78, 5) is 11.0. The van der Waals surface area contributed by atoms with Crippen molar-refractivity contribution >= 4 is 5.78 Å². The molecular formula is C13H14N2O3. The molecule has 1 aromatic carbocycles. The Morgan fingerprint density at radius 1 is 1.33 bits per heavy atom. The van der Waals surface area contributed by atoms with E-state index in [1.54, 1.807) is 25.6 Å². The summed E-state index contributed by atoms with van der Waals surface area (Å²) < 4.78 is 12.4. The molecule has 0 spiro atoms. The highest BCUT2D eigenvalue weighted by molar-refractivity contribution is 5.75. The van der Waals surface area contributed by atoms with Gasteiger partial charge in [-0.05, 0) is 19.1 Å². The van der Waals surface area contributed by atoms with Crippen LogP contribution in [-0.4, -0.2) is 22.7 Å². The lowest BCUT2D eigenvalue weighted by Gasteiger charge is -2.07. The van der Waals surface area contributed by atoms with Crippen LogP contribution in [0.2, 0.25) is 0 Å². The van der Waals surface area contributed by atoms with Crippen molar-refractivity contribution in [2.75, 3.05) is 7.11 Å². The van der Waals surface area contributed by atoms with Gasteiger partial charge in [0.1, 0.15) is 0 Å².